The van der Waals surface area contributed by atoms with Crippen molar-refractivity contribution < 1.29 is 9.84 Å². The SMILES string of the molecule is CN(C)CCN(C)CCOCCO. The average molecular weight is 190 g/mol. The maximum Gasteiger partial charge on any atom is 0.0698 e. The van der Waals surface area contributed by atoms with E-state index in [1.54, 1.807) is 0 Å². The second-order valence-corrected chi connectivity index (χ2v) is 3.44. The Morgan fingerprint density at radius 3 is 2.23 bits per heavy atom. The Morgan fingerprint density at radius 1 is 1.00 bits per heavy atom. The van der Waals surface area contributed by atoms with Gasteiger partial charge in [-0.25, -0.2) is 0 Å². The summed E-state index contributed by atoms with van der Waals surface area (Å²) in [6.45, 7) is 4.30. The van der Waals surface area contributed by atoms with Crippen molar-refractivity contribution in [2.24, 2.45) is 0 Å². The summed E-state index contributed by atoms with van der Waals surface area (Å²) >= 11 is 0. The highest BCUT2D eigenvalue weighted by atomic mass is 16.5. The number of ether oxygens (including phenoxy) is 1. The first-order valence-electron chi connectivity index (χ1n) is 4.68. The first-order chi connectivity index (χ1) is 6.16. The number of likely N-dealkylation sites (N-methyl/N-ethyl adjacent to an activating group) is 2. The van der Waals surface area contributed by atoms with Gasteiger partial charge in [0.05, 0.1) is 19.8 Å². The minimum Gasteiger partial charge on any atom is -0.394 e. The molecule has 0 aromatic carbocycles. The van der Waals surface area contributed by atoms with Crippen molar-refractivity contribution in [3.63, 3.8) is 0 Å². The van der Waals surface area contributed by atoms with Crippen molar-refractivity contribution in [2.75, 3.05) is 60.6 Å². The lowest BCUT2D eigenvalue weighted by Crippen LogP contribution is -2.31. The fraction of sp³-hybridized carbons (Fsp3) is 1.00. The maximum absolute atomic E-state index is 8.46. The topological polar surface area (TPSA) is 35.9 Å². The number of aliphatic hydroxyl groups excluding tert-OH is 1. The Kier molecular flexibility index (Phi) is 8.33. The number of hydrogen-bond acceptors (Lipinski definition) is 4. The van der Waals surface area contributed by atoms with Crippen molar-refractivity contribution in [3.05, 3.63) is 0 Å². The number of nitrogens with zero attached hydrogens (tertiary/aromatic N) is 2. The second-order valence-electron chi connectivity index (χ2n) is 3.44. The molecule has 1 N–H and O–H groups in total. The Hall–Kier alpha value is -0.160. The van der Waals surface area contributed by atoms with E-state index < -0.39 is 0 Å². The van der Waals surface area contributed by atoms with Crippen molar-refractivity contribution >= 4 is 0 Å². The highest BCUT2D eigenvalue weighted by Crippen LogP contribution is 1.84. The molecule has 0 aliphatic rings. The van der Waals surface area contributed by atoms with Crippen molar-refractivity contribution in [1.29, 1.82) is 0 Å². The van der Waals surface area contributed by atoms with Crippen LogP contribution in [-0.2, 0) is 4.74 Å². The van der Waals surface area contributed by atoms with Gasteiger partial charge in [-0.1, -0.05) is 0 Å². The fourth-order valence-electron chi connectivity index (χ4n) is 0.870. The molecule has 0 fully saturated rings. The predicted octanol–water partition coefficient (Wildman–Crippen LogP) is -0.511. The lowest BCUT2D eigenvalue weighted by atomic mass is 10.5. The van der Waals surface area contributed by atoms with Gasteiger partial charge in [-0.2, -0.15) is 0 Å². The summed E-state index contributed by atoms with van der Waals surface area (Å²) in [5, 5.41) is 8.46. The van der Waals surface area contributed by atoms with E-state index in [-0.39, 0.29) is 6.61 Å². The van der Waals surface area contributed by atoms with Gasteiger partial charge in [-0.3, -0.25) is 0 Å². The summed E-state index contributed by atoms with van der Waals surface area (Å²) in [6, 6.07) is 0. The third-order valence-electron chi connectivity index (χ3n) is 1.78. The van der Waals surface area contributed by atoms with E-state index in [0.29, 0.717) is 13.2 Å². The standard InChI is InChI=1S/C9H22N2O2/c1-10(2)4-5-11(3)6-8-13-9-7-12/h12H,4-9H2,1-3H3. The van der Waals surface area contributed by atoms with Gasteiger partial charge in [-0.05, 0) is 21.1 Å². The lowest BCUT2D eigenvalue weighted by Gasteiger charge is -2.18. The Bertz CT molecular complexity index is 110. The molecule has 0 atom stereocenters. The Balaban J connectivity index is 3.15. The van der Waals surface area contributed by atoms with Gasteiger partial charge < -0.3 is 19.6 Å². The minimum absolute atomic E-state index is 0.113. The van der Waals surface area contributed by atoms with Gasteiger partial charge in [0.15, 0.2) is 0 Å². The molecule has 0 heterocycles. The van der Waals surface area contributed by atoms with Crippen LogP contribution < -0.4 is 0 Å². The number of aliphatic hydroxyl groups is 1. The van der Waals surface area contributed by atoms with Crippen LogP contribution in [-0.4, -0.2) is 75.5 Å². The molecular formula is C9H22N2O2. The number of hydrogen-bond donors (Lipinski definition) is 1. The molecule has 4 heteroatoms. The molecule has 0 spiro atoms. The van der Waals surface area contributed by atoms with E-state index in [1.165, 1.54) is 0 Å². The molecule has 0 aromatic rings. The van der Waals surface area contributed by atoms with Gasteiger partial charge in [0.2, 0.25) is 0 Å². The summed E-state index contributed by atoms with van der Waals surface area (Å²) in [7, 11) is 6.21. The quantitative estimate of drug-likeness (QED) is 0.523. The summed E-state index contributed by atoms with van der Waals surface area (Å²) in [6.07, 6.45) is 0. The van der Waals surface area contributed by atoms with Crippen LogP contribution in [0.15, 0.2) is 0 Å². The van der Waals surface area contributed by atoms with Crippen molar-refractivity contribution in [3.8, 4) is 0 Å². The highest BCUT2D eigenvalue weighted by molar-refractivity contribution is 4.53. The highest BCUT2D eigenvalue weighted by Gasteiger charge is 1.98. The first kappa shape index (κ1) is 12.8. The van der Waals surface area contributed by atoms with Crippen LogP contribution in [0.3, 0.4) is 0 Å². The first-order valence-corrected chi connectivity index (χ1v) is 4.68. The van der Waals surface area contributed by atoms with E-state index in [1.807, 2.05) is 0 Å². The summed E-state index contributed by atoms with van der Waals surface area (Å²) in [4.78, 5) is 4.38. The molecule has 0 saturated carbocycles. The van der Waals surface area contributed by atoms with Gasteiger partial charge in [0, 0.05) is 19.6 Å². The normalized spacial score (nSPS) is 11.5. The average Bonchev–Trinajstić information content (AvgIpc) is 2.09. The van der Waals surface area contributed by atoms with Gasteiger partial charge in [0.25, 0.3) is 0 Å². The molecule has 0 radical (unpaired) electrons. The van der Waals surface area contributed by atoms with Crippen molar-refractivity contribution in [2.45, 2.75) is 0 Å². The minimum atomic E-state index is 0.113. The molecule has 0 saturated heterocycles. The Labute approximate surface area is 81.1 Å². The third-order valence-corrected chi connectivity index (χ3v) is 1.78. The van der Waals surface area contributed by atoms with Crippen LogP contribution in [0.5, 0.6) is 0 Å². The molecule has 0 aromatic heterocycles. The van der Waals surface area contributed by atoms with Crippen molar-refractivity contribution in [1.82, 2.24) is 9.80 Å². The van der Waals surface area contributed by atoms with E-state index in [4.69, 9.17) is 9.84 Å². The number of rotatable bonds is 8. The second kappa shape index (κ2) is 8.44. The van der Waals surface area contributed by atoms with Gasteiger partial charge in [0.1, 0.15) is 0 Å². The van der Waals surface area contributed by atoms with E-state index in [2.05, 4.69) is 30.9 Å². The summed E-state index contributed by atoms with van der Waals surface area (Å²) in [5.74, 6) is 0. The monoisotopic (exact) mass is 190 g/mol. The molecule has 0 amide bonds. The Morgan fingerprint density at radius 2 is 1.69 bits per heavy atom. The van der Waals surface area contributed by atoms with Crippen LogP contribution >= 0.6 is 0 Å². The van der Waals surface area contributed by atoms with Crippen LogP contribution in [0.1, 0.15) is 0 Å². The van der Waals surface area contributed by atoms with E-state index >= 15 is 0 Å². The lowest BCUT2D eigenvalue weighted by molar-refractivity contribution is 0.0774. The third kappa shape index (κ3) is 9.76. The fourth-order valence-corrected chi connectivity index (χ4v) is 0.870. The molecule has 80 valence electrons. The van der Waals surface area contributed by atoms with Crippen LogP contribution in [0.2, 0.25) is 0 Å². The smallest absolute Gasteiger partial charge is 0.0698 e. The molecule has 0 aliphatic heterocycles. The van der Waals surface area contributed by atoms with Crippen LogP contribution in [0.25, 0.3) is 0 Å². The van der Waals surface area contributed by atoms with Crippen LogP contribution in [0, 0.1) is 0 Å². The zero-order valence-electron chi connectivity index (χ0n) is 8.99. The molecular weight excluding hydrogens is 168 g/mol. The maximum atomic E-state index is 8.46. The van der Waals surface area contributed by atoms with E-state index in [0.717, 1.165) is 19.6 Å². The molecule has 13 heavy (non-hydrogen) atoms. The molecule has 0 rings (SSSR count). The molecule has 4 nitrogen and oxygen atoms in total. The largest absolute Gasteiger partial charge is 0.394 e. The molecule has 0 bridgehead atoms. The van der Waals surface area contributed by atoms with Crippen LogP contribution in [0.4, 0.5) is 0 Å². The summed E-state index contributed by atoms with van der Waals surface area (Å²) < 4.78 is 5.15. The molecule has 0 aliphatic carbocycles. The predicted molar refractivity (Wildman–Crippen MR) is 54.0 cm³/mol. The zero-order chi connectivity index (χ0) is 10.1. The summed E-state index contributed by atoms with van der Waals surface area (Å²) in [5.41, 5.74) is 0. The van der Waals surface area contributed by atoms with Gasteiger partial charge >= 0.3 is 0 Å². The van der Waals surface area contributed by atoms with E-state index in [9.17, 15) is 0 Å². The van der Waals surface area contributed by atoms with Gasteiger partial charge in [-0.15, -0.1) is 0 Å². The zero-order valence-corrected chi connectivity index (χ0v) is 8.99. The molecule has 0 unspecified atom stereocenters.